The van der Waals surface area contributed by atoms with Gasteiger partial charge in [-0.05, 0) is 74.4 Å². The second-order valence-electron chi connectivity index (χ2n) is 8.71. The van der Waals surface area contributed by atoms with E-state index in [2.05, 4.69) is 32.1 Å². The molecule has 3 aromatic rings. The largest absolute Gasteiger partial charge is 0.470 e. The molecule has 2 aliphatic carbocycles. The molecule has 0 saturated heterocycles. The van der Waals surface area contributed by atoms with Crippen LogP contribution in [-0.2, 0) is 16.6 Å². The summed E-state index contributed by atoms with van der Waals surface area (Å²) in [5, 5.41) is 8.62. The Morgan fingerprint density at radius 3 is 2.70 bits per heavy atom. The number of hydrogen-bond acceptors (Lipinski definition) is 7. The van der Waals surface area contributed by atoms with Crippen molar-refractivity contribution in [3.63, 3.8) is 0 Å². The number of anilines is 1. The number of nitrogens with two attached hydrogens (primary N) is 1. The summed E-state index contributed by atoms with van der Waals surface area (Å²) >= 11 is 6.07. The van der Waals surface area contributed by atoms with Gasteiger partial charge in [-0.25, -0.2) is 23.5 Å². The predicted octanol–water partition coefficient (Wildman–Crippen LogP) is 3.63. The average Bonchev–Trinajstić information content (AvgIpc) is 3.68. The summed E-state index contributed by atoms with van der Waals surface area (Å²) in [6.07, 6.45) is 4.19. The van der Waals surface area contributed by atoms with Gasteiger partial charge in [-0.2, -0.15) is 4.98 Å². The van der Waals surface area contributed by atoms with Crippen LogP contribution in [0.1, 0.15) is 43.9 Å². The van der Waals surface area contributed by atoms with Gasteiger partial charge in [-0.15, -0.1) is 0 Å². The van der Waals surface area contributed by atoms with Crippen LogP contribution in [0.2, 0.25) is 5.02 Å². The van der Waals surface area contributed by atoms with Crippen molar-refractivity contribution in [2.75, 3.05) is 5.32 Å². The van der Waals surface area contributed by atoms with E-state index in [0.717, 1.165) is 25.7 Å². The topological polar surface area (TPSA) is 120 Å². The first kappa shape index (κ1) is 21.9. The number of nitrogens with one attached hydrogen (secondary N) is 1. The monoisotopic (exact) mass is 483 g/mol. The van der Waals surface area contributed by atoms with Crippen LogP contribution in [0.3, 0.4) is 0 Å². The summed E-state index contributed by atoms with van der Waals surface area (Å²) in [5.41, 5.74) is 2.22. The number of benzene rings is 1. The lowest BCUT2D eigenvalue weighted by Gasteiger charge is -2.15. The Hall–Kier alpha value is -2.93. The zero-order valence-electron chi connectivity index (χ0n) is 17.9. The van der Waals surface area contributed by atoms with Gasteiger partial charge in [0.05, 0.1) is 10.4 Å². The minimum absolute atomic E-state index is 0.0547. The van der Waals surface area contributed by atoms with Crippen molar-refractivity contribution in [2.45, 2.75) is 49.6 Å². The highest BCUT2D eigenvalue weighted by Crippen LogP contribution is 2.40. The van der Waals surface area contributed by atoms with E-state index in [0.29, 0.717) is 40.0 Å². The SMILES string of the molecule is CC1(Oc2nc(NCc3cc(Cl)cc(S(N)(=O)=O)c3)nc3ccc(C#CC4CC4)nc23)CC1. The van der Waals surface area contributed by atoms with Crippen LogP contribution in [0.25, 0.3) is 11.0 Å². The third kappa shape index (κ3) is 5.36. The zero-order valence-corrected chi connectivity index (χ0v) is 19.5. The number of rotatable bonds is 6. The van der Waals surface area contributed by atoms with Gasteiger partial charge in [-0.1, -0.05) is 17.5 Å². The van der Waals surface area contributed by atoms with Crippen molar-refractivity contribution in [3.05, 3.63) is 46.6 Å². The number of sulfonamides is 1. The molecule has 5 rings (SSSR count). The Bertz CT molecular complexity index is 1420. The van der Waals surface area contributed by atoms with E-state index in [9.17, 15) is 8.42 Å². The number of fused-ring (bicyclic) bond motifs is 1. The molecule has 10 heteroatoms. The second-order valence-corrected chi connectivity index (χ2v) is 10.7. The number of nitrogens with zero attached hydrogens (tertiary/aromatic N) is 3. The molecular weight excluding hydrogens is 462 g/mol. The molecular formula is C23H22ClN5O3S. The Balaban J connectivity index is 1.45. The van der Waals surface area contributed by atoms with Crippen LogP contribution < -0.4 is 15.2 Å². The van der Waals surface area contributed by atoms with Gasteiger partial charge in [-0.3, -0.25) is 0 Å². The van der Waals surface area contributed by atoms with Gasteiger partial charge in [0.15, 0.2) is 5.52 Å². The van der Waals surface area contributed by atoms with E-state index in [1.807, 2.05) is 19.1 Å². The Morgan fingerprint density at radius 2 is 2.00 bits per heavy atom. The standard InChI is InChI=1S/C23H22ClN5O3S/c1-23(8-9-23)32-21-20-19(7-6-17(27-20)5-4-14-2-3-14)28-22(29-21)26-13-15-10-16(24)12-18(11-15)33(25,30)31/h6-7,10-12,14H,2-3,8-9,13H2,1H3,(H2,25,30,31)(H,26,28,29). The summed E-state index contributed by atoms with van der Waals surface area (Å²) in [5.74, 6) is 7.55. The molecule has 0 atom stereocenters. The highest BCUT2D eigenvalue weighted by atomic mass is 35.5. The summed E-state index contributed by atoms with van der Waals surface area (Å²) < 4.78 is 29.6. The first-order valence-electron chi connectivity index (χ1n) is 10.6. The lowest BCUT2D eigenvalue weighted by molar-refractivity contribution is 0.194. The van der Waals surface area contributed by atoms with Crippen LogP contribution >= 0.6 is 11.6 Å². The van der Waals surface area contributed by atoms with Crippen LogP contribution in [0.15, 0.2) is 35.2 Å². The van der Waals surface area contributed by atoms with Crippen molar-refractivity contribution in [1.82, 2.24) is 15.0 Å². The smallest absolute Gasteiger partial charge is 0.246 e. The first-order chi connectivity index (χ1) is 15.7. The molecule has 0 spiro atoms. The Morgan fingerprint density at radius 1 is 1.21 bits per heavy atom. The third-order valence-corrected chi connectivity index (χ3v) is 6.61. The average molecular weight is 484 g/mol. The quantitative estimate of drug-likeness (QED) is 0.513. The second kappa shape index (κ2) is 8.13. The number of ether oxygens (including phenoxy) is 1. The molecule has 33 heavy (non-hydrogen) atoms. The number of halogens is 1. The molecule has 0 bridgehead atoms. The highest BCUT2D eigenvalue weighted by Gasteiger charge is 2.41. The van der Waals surface area contributed by atoms with E-state index < -0.39 is 10.0 Å². The normalized spacial score (nSPS) is 16.7. The van der Waals surface area contributed by atoms with Gasteiger partial charge in [0.25, 0.3) is 0 Å². The Kier molecular flexibility index (Phi) is 5.40. The van der Waals surface area contributed by atoms with Crippen LogP contribution in [0.5, 0.6) is 5.88 Å². The zero-order chi connectivity index (χ0) is 23.2. The van der Waals surface area contributed by atoms with Gasteiger partial charge in [0.1, 0.15) is 11.3 Å². The molecule has 2 saturated carbocycles. The number of hydrogen-bond donors (Lipinski definition) is 2. The van der Waals surface area contributed by atoms with Gasteiger partial charge in [0.2, 0.25) is 21.9 Å². The number of pyridine rings is 1. The minimum atomic E-state index is -3.87. The van der Waals surface area contributed by atoms with Crippen molar-refractivity contribution >= 4 is 38.6 Å². The maximum Gasteiger partial charge on any atom is 0.246 e. The van der Waals surface area contributed by atoms with Gasteiger partial charge in [0, 0.05) is 17.5 Å². The van der Waals surface area contributed by atoms with Crippen molar-refractivity contribution in [3.8, 4) is 17.7 Å². The molecule has 2 aliphatic rings. The molecule has 0 amide bonds. The third-order valence-electron chi connectivity index (χ3n) is 5.50. The maximum absolute atomic E-state index is 11.7. The van der Waals surface area contributed by atoms with E-state index >= 15 is 0 Å². The molecule has 1 aromatic carbocycles. The van der Waals surface area contributed by atoms with E-state index in [1.165, 1.54) is 12.1 Å². The number of primary sulfonamides is 1. The molecule has 8 nitrogen and oxygen atoms in total. The fraction of sp³-hybridized carbons (Fsp3) is 0.348. The molecule has 2 heterocycles. The van der Waals surface area contributed by atoms with Gasteiger partial charge < -0.3 is 10.1 Å². The summed E-state index contributed by atoms with van der Waals surface area (Å²) in [4.78, 5) is 13.7. The molecule has 0 aliphatic heterocycles. The van der Waals surface area contributed by atoms with Crippen molar-refractivity contribution in [1.29, 1.82) is 0 Å². The predicted molar refractivity (Wildman–Crippen MR) is 125 cm³/mol. The first-order valence-corrected chi connectivity index (χ1v) is 12.5. The van der Waals surface area contributed by atoms with Gasteiger partial charge >= 0.3 is 0 Å². The van der Waals surface area contributed by atoms with Crippen molar-refractivity contribution < 1.29 is 13.2 Å². The fourth-order valence-electron chi connectivity index (χ4n) is 3.19. The summed E-state index contributed by atoms with van der Waals surface area (Å²) in [6.45, 7) is 2.27. The van der Waals surface area contributed by atoms with E-state index in [-0.39, 0.29) is 22.1 Å². The summed E-state index contributed by atoms with van der Waals surface area (Å²) in [7, 11) is -3.87. The molecule has 0 unspecified atom stereocenters. The highest BCUT2D eigenvalue weighted by molar-refractivity contribution is 7.89. The molecule has 0 radical (unpaired) electrons. The van der Waals surface area contributed by atoms with Crippen LogP contribution in [-0.4, -0.2) is 29.0 Å². The lowest BCUT2D eigenvalue weighted by atomic mass is 10.2. The molecule has 2 aromatic heterocycles. The van der Waals surface area contributed by atoms with E-state index in [4.69, 9.17) is 21.5 Å². The maximum atomic E-state index is 11.7. The van der Waals surface area contributed by atoms with Crippen LogP contribution in [0, 0.1) is 17.8 Å². The van der Waals surface area contributed by atoms with Crippen molar-refractivity contribution in [2.24, 2.45) is 11.1 Å². The molecule has 3 N–H and O–H groups in total. The number of aromatic nitrogens is 3. The Labute approximate surface area is 197 Å². The van der Waals surface area contributed by atoms with Crippen LogP contribution in [0.4, 0.5) is 5.95 Å². The molecule has 170 valence electrons. The molecule has 2 fully saturated rings. The lowest BCUT2D eigenvalue weighted by Crippen LogP contribution is -2.15. The minimum Gasteiger partial charge on any atom is -0.470 e. The summed E-state index contributed by atoms with van der Waals surface area (Å²) in [6, 6.07) is 8.12. The van der Waals surface area contributed by atoms with E-state index in [1.54, 1.807) is 6.07 Å². The fourth-order valence-corrected chi connectivity index (χ4v) is 4.12.